The minimum absolute atomic E-state index is 0.0997. The average molecular weight is 202 g/mol. The Bertz CT molecular complexity index is 177. The highest BCUT2D eigenvalue weighted by Gasteiger charge is 2.45. The minimum atomic E-state index is -0.440. The fourth-order valence-corrected chi connectivity index (χ4v) is 3.65. The Morgan fingerprint density at radius 1 is 1.38 bits per heavy atom. The molecule has 1 fully saturated rings. The van der Waals surface area contributed by atoms with Gasteiger partial charge in [-0.25, -0.2) is 0 Å². The second-order valence-electron chi connectivity index (χ2n) is 5.32. The van der Waals surface area contributed by atoms with Crippen LogP contribution < -0.4 is 0 Å². The van der Waals surface area contributed by atoms with Crippen LogP contribution in [-0.2, 0) is 0 Å². The van der Waals surface area contributed by atoms with Crippen molar-refractivity contribution in [3.8, 4) is 0 Å². The summed E-state index contributed by atoms with van der Waals surface area (Å²) in [5.74, 6) is 2.70. The SMILES string of the molecule is CC(C)CC1(O)CSCCC1(C)C. The molecule has 0 amide bonds. The van der Waals surface area contributed by atoms with Gasteiger partial charge in [-0.2, -0.15) is 11.8 Å². The number of hydrogen-bond acceptors (Lipinski definition) is 2. The van der Waals surface area contributed by atoms with Crippen LogP contribution in [0.4, 0.5) is 0 Å². The van der Waals surface area contributed by atoms with E-state index in [9.17, 15) is 5.11 Å². The quantitative estimate of drug-likeness (QED) is 0.743. The largest absolute Gasteiger partial charge is 0.388 e. The Morgan fingerprint density at radius 2 is 2.00 bits per heavy atom. The molecule has 1 unspecified atom stereocenters. The van der Waals surface area contributed by atoms with Crippen molar-refractivity contribution in [1.82, 2.24) is 0 Å². The first-order valence-electron chi connectivity index (χ1n) is 5.17. The number of hydrogen-bond donors (Lipinski definition) is 1. The van der Waals surface area contributed by atoms with Gasteiger partial charge in [0.05, 0.1) is 5.60 Å². The van der Waals surface area contributed by atoms with Gasteiger partial charge >= 0.3 is 0 Å². The van der Waals surface area contributed by atoms with E-state index in [4.69, 9.17) is 0 Å². The highest BCUT2D eigenvalue weighted by Crippen LogP contribution is 2.45. The monoisotopic (exact) mass is 202 g/mol. The van der Waals surface area contributed by atoms with E-state index in [0.717, 1.165) is 18.6 Å². The van der Waals surface area contributed by atoms with Crippen LogP contribution in [0, 0.1) is 11.3 Å². The van der Waals surface area contributed by atoms with Crippen molar-refractivity contribution in [2.45, 2.75) is 46.1 Å². The maximum atomic E-state index is 10.5. The Morgan fingerprint density at radius 3 is 2.46 bits per heavy atom. The van der Waals surface area contributed by atoms with Gasteiger partial charge in [0.25, 0.3) is 0 Å². The maximum absolute atomic E-state index is 10.5. The van der Waals surface area contributed by atoms with E-state index in [1.54, 1.807) is 0 Å². The first-order chi connectivity index (χ1) is 5.87. The molecule has 1 aliphatic heterocycles. The lowest BCUT2D eigenvalue weighted by molar-refractivity contribution is -0.0665. The van der Waals surface area contributed by atoms with Crippen LogP contribution >= 0.6 is 11.8 Å². The summed E-state index contributed by atoms with van der Waals surface area (Å²) in [4.78, 5) is 0. The van der Waals surface area contributed by atoms with Gasteiger partial charge in [-0.05, 0) is 29.9 Å². The zero-order chi connectivity index (χ0) is 10.1. The summed E-state index contributed by atoms with van der Waals surface area (Å²) in [6, 6.07) is 0. The Kier molecular flexibility index (Phi) is 3.34. The van der Waals surface area contributed by atoms with E-state index < -0.39 is 5.60 Å². The lowest BCUT2D eigenvalue weighted by atomic mass is 9.70. The second kappa shape index (κ2) is 3.82. The molecule has 1 aliphatic rings. The molecule has 0 saturated carbocycles. The first-order valence-corrected chi connectivity index (χ1v) is 6.33. The van der Waals surface area contributed by atoms with Crippen LogP contribution in [0.5, 0.6) is 0 Å². The molecule has 2 heteroatoms. The Balaban J connectivity index is 2.72. The third-order valence-electron chi connectivity index (χ3n) is 3.22. The van der Waals surface area contributed by atoms with Crippen LogP contribution in [0.2, 0.25) is 0 Å². The van der Waals surface area contributed by atoms with E-state index in [0.29, 0.717) is 5.92 Å². The topological polar surface area (TPSA) is 20.2 Å². The summed E-state index contributed by atoms with van der Waals surface area (Å²) in [5, 5.41) is 10.5. The van der Waals surface area contributed by atoms with Gasteiger partial charge in [0, 0.05) is 5.75 Å². The molecule has 1 heterocycles. The van der Waals surface area contributed by atoms with Crippen molar-refractivity contribution in [3.63, 3.8) is 0 Å². The van der Waals surface area contributed by atoms with Gasteiger partial charge in [-0.15, -0.1) is 0 Å². The average Bonchev–Trinajstić information content (AvgIpc) is 1.94. The highest BCUT2D eigenvalue weighted by molar-refractivity contribution is 7.99. The molecule has 1 atom stereocenters. The van der Waals surface area contributed by atoms with E-state index in [-0.39, 0.29) is 5.41 Å². The molecule has 0 spiro atoms. The van der Waals surface area contributed by atoms with Crippen molar-refractivity contribution < 1.29 is 5.11 Å². The lowest BCUT2D eigenvalue weighted by Crippen LogP contribution is -2.50. The molecule has 0 aliphatic carbocycles. The maximum Gasteiger partial charge on any atom is 0.0791 e. The predicted octanol–water partition coefficient (Wildman–Crippen LogP) is 2.93. The number of rotatable bonds is 2. The van der Waals surface area contributed by atoms with Crippen molar-refractivity contribution in [2.24, 2.45) is 11.3 Å². The van der Waals surface area contributed by atoms with Crippen LogP contribution in [0.1, 0.15) is 40.5 Å². The summed E-state index contributed by atoms with van der Waals surface area (Å²) in [6.07, 6.45) is 2.08. The number of aliphatic hydroxyl groups is 1. The molecule has 0 aromatic rings. The van der Waals surface area contributed by atoms with E-state index in [1.807, 2.05) is 11.8 Å². The molecular weight excluding hydrogens is 180 g/mol. The summed E-state index contributed by atoms with van der Waals surface area (Å²) in [6.45, 7) is 8.78. The molecular formula is C11H22OS. The fourth-order valence-electron chi connectivity index (χ4n) is 2.01. The summed E-state index contributed by atoms with van der Waals surface area (Å²) >= 11 is 1.90. The van der Waals surface area contributed by atoms with Crippen LogP contribution in [0.15, 0.2) is 0 Å². The summed E-state index contributed by atoms with van der Waals surface area (Å²) in [5.41, 5.74) is -0.341. The molecule has 1 saturated heterocycles. The van der Waals surface area contributed by atoms with Gasteiger partial charge in [-0.1, -0.05) is 27.7 Å². The molecule has 1 N–H and O–H groups in total. The first kappa shape index (κ1) is 11.4. The highest BCUT2D eigenvalue weighted by atomic mass is 32.2. The molecule has 1 rings (SSSR count). The molecule has 0 radical (unpaired) electrons. The van der Waals surface area contributed by atoms with Gasteiger partial charge in [0.2, 0.25) is 0 Å². The van der Waals surface area contributed by atoms with Gasteiger partial charge in [0.15, 0.2) is 0 Å². The molecule has 13 heavy (non-hydrogen) atoms. The van der Waals surface area contributed by atoms with E-state index in [1.165, 1.54) is 5.75 Å². The van der Waals surface area contributed by atoms with E-state index in [2.05, 4.69) is 27.7 Å². The van der Waals surface area contributed by atoms with Crippen LogP contribution in [0.25, 0.3) is 0 Å². The zero-order valence-electron chi connectivity index (χ0n) is 9.26. The molecule has 0 aromatic heterocycles. The lowest BCUT2D eigenvalue weighted by Gasteiger charge is -2.47. The summed E-state index contributed by atoms with van der Waals surface area (Å²) < 4.78 is 0. The van der Waals surface area contributed by atoms with Crippen molar-refractivity contribution >= 4 is 11.8 Å². The second-order valence-corrected chi connectivity index (χ2v) is 6.42. The van der Waals surface area contributed by atoms with Crippen molar-refractivity contribution in [1.29, 1.82) is 0 Å². The third-order valence-corrected chi connectivity index (χ3v) is 4.39. The van der Waals surface area contributed by atoms with Crippen LogP contribution in [0.3, 0.4) is 0 Å². The molecule has 0 aromatic carbocycles. The summed E-state index contributed by atoms with van der Waals surface area (Å²) in [7, 11) is 0. The normalized spacial score (nSPS) is 33.7. The zero-order valence-corrected chi connectivity index (χ0v) is 10.1. The van der Waals surface area contributed by atoms with Gasteiger partial charge in [-0.3, -0.25) is 0 Å². The van der Waals surface area contributed by atoms with Gasteiger partial charge in [0.1, 0.15) is 0 Å². The predicted molar refractivity (Wildman–Crippen MR) is 60.1 cm³/mol. The number of thioether (sulfide) groups is 1. The third kappa shape index (κ3) is 2.41. The standard InChI is InChI=1S/C11H22OS/c1-9(2)7-11(12)8-13-6-5-10(11,3)4/h9,12H,5-8H2,1-4H3. The molecule has 0 bridgehead atoms. The molecule has 1 nitrogen and oxygen atoms in total. The van der Waals surface area contributed by atoms with E-state index >= 15 is 0 Å². The minimum Gasteiger partial charge on any atom is -0.388 e. The van der Waals surface area contributed by atoms with Crippen LogP contribution in [-0.4, -0.2) is 22.2 Å². The Hall–Kier alpha value is 0.310. The smallest absolute Gasteiger partial charge is 0.0791 e. The fraction of sp³-hybridized carbons (Fsp3) is 1.00. The van der Waals surface area contributed by atoms with Crippen molar-refractivity contribution in [2.75, 3.05) is 11.5 Å². The molecule has 78 valence electrons. The van der Waals surface area contributed by atoms with Crippen molar-refractivity contribution in [3.05, 3.63) is 0 Å². The Labute approximate surface area is 86.3 Å². The van der Waals surface area contributed by atoms with Gasteiger partial charge < -0.3 is 5.11 Å².